The molecule has 158 valence electrons. The Morgan fingerprint density at radius 3 is 2.70 bits per heavy atom. The number of imidazole rings is 1. The highest BCUT2D eigenvalue weighted by atomic mass is 16.5. The van der Waals surface area contributed by atoms with E-state index >= 15 is 0 Å². The van der Waals surface area contributed by atoms with Gasteiger partial charge in [0.15, 0.2) is 11.5 Å². The molecule has 1 N–H and O–H groups in total. The molecule has 0 aliphatic rings. The maximum absolute atomic E-state index is 12.3. The van der Waals surface area contributed by atoms with Gasteiger partial charge in [-0.2, -0.15) is 0 Å². The molecule has 30 heavy (non-hydrogen) atoms. The zero-order valence-electron chi connectivity index (χ0n) is 17.9. The van der Waals surface area contributed by atoms with Crippen LogP contribution in [0.15, 0.2) is 48.5 Å². The monoisotopic (exact) mass is 407 g/mol. The SMILES string of the molecule is CCCOc1ccc(/C=C/C(=O)NCc2nc3ccccc3n2CC)cc1OCC. The van der Waals surface area contributed by atoms with Crippen LogP contribution in [0.25, 0.3) is 17.1 Å². The van der Waals surface area contributed by atoms with Gasteiger partial charge in [0.25, 0.3) is 0 Å². The molecule has 0 aliphatic heterocycles. The van der Waals surface area contributed by atoms with E-state index in [1.165, 1.54) is 6.08 Å². The lowest BCUT2D eigenvalue weighted by Gasteiger charge is -2.12. The third kappa shape index (κ3) is 5.20. The number of hydrogen-bond acceptors (Lipinski definition) is 4. The van der Waals surface area contributed by atoms with E-state index in [2.05, 4.69) is 28.7 Å². The molecule has 0 bridgehead atoms. The highest BCUT2D eigenvalue weighted by Crippen LogP contribution is 2.29. The van der Waals surface area contributed by atoms with Crippen LogP contribution in [0, 0.1) is 0 Å². The van der Waals surface area contributed by atoms with E-state index in [1.807, 2.05) is 49.4 Å². The largest absolute Gasteiger partial charge is 0.490 e. The first kappa shape index (κ1) is 21.4. The van der Waals surface area contributed by atoms with Crippen molar-refractivity contribution in [2.24, 2.45) is 0 Å². The number of carbonyl (C=O) groups is 1. The second-order valence-electron chi connectivity index (χ2n) is 6.80. The van der Waals surface area contributed by atoms with Gasteiger partial charge >= 0.3 is 0 Å². The van der Waals surface area contributed by atoms with E-state index < -0.39 is 0 Å². The third-order valence-electron chi connectivity index (χ3n) is 4.63. The lowest BCUT2D eigenvalue weighted by molar-refractivity contribution is -0.116. The van der Waals surface area contributed by atoms with Gasteiger partial charge in [-0.1, -0.05) is 25.1 Å². The van der Waals surface area contributed by atoms with Crippen molar-refractivity contribution in [3.63, 3.8) is 0 Å². The highest BCUT2D eigenvalue weighted by molar-refractivity contribution is 5.91. The molecule has 0 unspecified atom stereocenters. The molecule has 6 nitrogen and oxygen atoms in total. The zero-order valence-corrected chi connectivity index (χ0v) is 17.9. The number of ether oxygens (including phenoxy) is 2. The summed E-state index contributed by atoms with van der Waals surface area (Å²) in [5.41, 5.74) is 2.89. The molecule has 3 aromatic rings. The Labute approximate surface area is 177 Å². The number of benzene rings is 2. The standard InChI is InChI=1S/C24H29N3O3/c1-4-15-30-21-13-11-18(16-22(21)29-6-3)12-14-24(28)25-17-23-26-19-9-7-8-10-20(19)27(23)5-2/h7-14,16H,4-6,15,17H2,1-3H3,(H,25,28)/b14-12+. The summed E-state index contributed by atoms with van der Waals surface area (Å²) in [4.78, 5) is 17.0. The van der Waals surface area contributed by atoms with Crippen molar-refractivity contribution in [3.05, 3.63) is 59.9 Å². The molecule has 3 rings (SSSR count). The normalized spacial score (nSPS) is 11.2. The van der Waals surface area contributed by atoms with Crippen molar-refractivity contribution in [1.82, 2.24) is 14.9 Å². The van der Waals surface area contributed by atoms with Crippen molar-refractivity contribution in [2.45, 2.75) is 40.3 Å². The molecule has 0 saturated carbocycles. The maximum Gasteiger partial charge on any atom is 0.244 e. The van der Waals surface area contributed by atoms with Crippen molar-refractivity contribution in [2.75, 3.05) is 13.2 Å². The number of fused-ring (bicyclic) bond motifs is 1. The number of aryl methyl sites for hydroxylation is 1. The molecule has 0 aliphatic carbocycles. The second kappa shape index (κ2) is 10.5. The molecule has 1 amide bonds. The molecule has 6 heteroatoms. The minimum Gasteiger partial charge on any atom is -0.490 e. The predicted octanol–water partition coefficient (Wildman–Crippen LogP) is 4.57. The van der Waals surface area contributed by atoms with E-state index in [1.54, 1.807) is 6.08 Å². The number of rotatable bonds is 10. The summed E-state index contributed by atoms with van der Waals surface area (Å²) in [5, 5.41) is 2.92. The van der Waals surface area contributed by atoms with E-state index in [9.17, 15) is 4.79 Å². The van der Waals surface area contributed by atoms with E-state index in [0.717, 1.165) is 41.1 Å². The van der Waals surface area contributed by atoms with Crippen molar-refractivity contribution < 1.29 is 14.3 Å². The molecule has 0 saturated heterocycles. The molecule has 0 spiro atoms. The van der Waals surface area contributed by atoms with Crippen LogP contribution < -0.4 is 14.8 Å². The molecule has 1 heterocycles. The molecular weight excluding hydrogens is 378 g/mol. The summed E-state index contributed by atoms with van der Waals surface area (Å²) in [6, 6.07) is 13.7. The topological polar surface area (TPSA) is 65.4 Å². The maximum atomic E-state index is 12.3. The summed E-state index contributed by atoms with van der Waals surface area (Å²) in [7, 11) is 0. The second-order valence-corrected chi connectivity index (χ2v) is 6.80. The molecule has 0 fully saturated rings. The van der Waals surface area contributed by atoms with E-state index in [4.69, 9.17) is 9.47 Å². The summed E-state index contributed by atoms with van der Waals surface area (Å²) in [6.07, 6.45) is 4.22. The number of carbonyl (C=O) groups excluding carboxylic acids is 1. The Hall–Kier alpha value is -3.28. The Morgan fingerprint density at radius 1 is 1.10 bits per heavy atom. The van der Waals surface area contributed by atoms with Gasteiger partial charge in [-0.3, -0.25) is 4.79 Å². The number of aromatic nitrogens is 2. The number of nitrogens with zero attached hydrogens (tertiary/aromatic N) is 2. The first-order chi connectivity index (χ1) is 14.7. The smallest absolute Gasteiger partial charge is 0.244 e. The Balaban J connectivity index is 1.65. The minimum absolute atomic E-state index is 0.172. The molecule has 1 aromatic heterocycles. The van der Waals surface area contributed by atoms with Crippen LogP contribution in [0.5, 0.6) is 11.5 Å². The van der Waals surface area contributed by atoms with Gasteiger partial charge in [0.2, 0.25) is 5.91 Å². The van der Waals surface area contributed by atoms with Crippen LogP contribution in [-0.4, -0.2) is 28.7 Å². The van der Waals surface area contributed by atoms with Gasteiger partial charge in [0.05, 0.1) is 30.8 Å². The lowest BCUT2D eigenvalue weighted by atomic mass is 10.2. The van der Waals surface area contributed by atoms with Crippen molar-refractivity contribution in [1.29, 1.82) is 0 Å². The average Bonchev–Trinajstić information content (AvgIpc) is 3.13. The van der Waals surface area contributed by atoms with Gasteiger partial charge in [0.1, 0.15) is 5.82 Å². The van der Waals surface area contributed by atoms with Crippen molar-refractivity contribution >= 4 is 23.0 Å². The Kier molecular flexibility index (Phi) is 7.49. The van der Waals surface area contributed by atoms with Crippen LogP contribution >= 0.6 is 0 Å². The Bertz CT molecular complexity index is 1020. The van der Waals surface area contributed by atoms with Gasteiger partial charge in [-0.25, -0.2) is 4.98 Å². The number of nitrogens with one attached hydrogen (secondary N) is 1. The summed E-state index contributed by atoms with van der Waals surface area (Å²) >= 11 is 0. The van der Waals surface area contributed by atoms with Crippen LogP contribution in [0.3, 0.4) is 0 Å². The highest BCUT2D eigenvalue weighted by Gasteiger charge is 2.10. The minimum atomic E-state index is -0.172. The average molecular weight is 408 g/mol. The first-order valence-corrected chi connectivity index (χ1v) is 10.5. The fraction of sp³-hybridized carbons (Fsp3) is 0.333. The van der Waals surface area contributed by atoms with Crippen LogP contribution in [-0.2, 0) is 17.9 Å². The van der Waals surface area contributed by atoms with Crippen molar-refractivity contribution in [3.8, 4) is 11.5 Å². The fourth-order valence-electron chi connectivity index (χ4n) is 3.24. The molecule has 0 atom stereocenters. The van der Waals surface area contributed by atoms with Crippen LogP contribution in [0.4, 0.5) is 0 Å². The summed E-state index contributed by atoms with van der Waals surface area (Å²) in [6.45, 7) is 8.43. The van der Waals surface area contributed by atoms with Crippen LogP contribution in [0.2, 0.25) is 0 Å². The van der Waals surface area contributed by atoms with Gasteiger partial charge in [-0.05, 0) is 56.2 Å². The molecule has 0 radical (unpaired) electrons. The summed E-state index contributed by atoms with van der Waals surface area (Å²) in [5.74, 6) is 2.08. The number of hydrogen-bond donors (Lipinski definition) is 1. The van der Waals surface area contributed by atoms with Gasteiger partial charge in [0, 0.05) is 12.6 Å². The quantitative estimate of drug-likeness (QED) is 0.500. The van der Waals surface area contributed by atoms with Gasteiger partial charge in [-0.15, -0.1) is 0 Å². The first-order valence-electron chi connectivity index (χ1n) is 10.5. The molecule has 2 aromatic carbocycles. The third-order valence-corrected chi connectivity index (χ3v) is 4.63. The molecular formula is C24H29N3O3. The van der Waals surface area contributed by atoms with Crippen LogP contribution in [0.1, 0.15) is 38.6 Å². The number of amides is 1. The van der Waals surface area contributed by atoms with E-state index in [0.29, 0.717) is 25.5 Å². The summed E-state index contributed by atoms with van der Waals surface area (Å²) < 4.78 is 13.5. The van der Waals surface area contributed by atoms with E-state index in [-0.39, 0.29) is 5.91 Å². The Morgan fingerprint density at radius 2 is 1.93 bits per heavy atom. The number of para-hydroxylation sites is 2. The lowest BCUT2D eigenvalue weighted by Crippen LogP contribution is -2.22. The fourth-order valence-corrected chi connectivity index (χ4v) is 3.24. The zero-order chi connectivity index (χ0) is 21.3. The van der Waals surface area contributed by atoms with Gasteiger partial charge < -0.3 is 19.4 Å². The predicted molar refractivity (Wildman–Crippen MR) is 120 cm³/mol.